The molecule has 1 aromatic heterocycles. The molecule has 6 nitrogen and oxygen atoms in total. The van der Waals surface area contributed by atoms with E-state index in [9.17, 15) is 21.6 Å². The van der Waals surface area contributed by atoms with Gasteiger partial charge in [-0.15, -0.1) is 0 Å². The minimum absolute atomic E-state index is 0.178. The van der Waals surface area contributed by atoms with Crippen LogP contribution >= 0.6 is 0 Å². The molecule has 0 saturated heterocycles. The second kappa shape index (κ2) is 7.40. The fourth-order valence-electron chi connectivity index (χ4n) is 3.28. The Morgan fingerprint density at radius 2 is 1.58 bits per heavy atom. The van der Waals surface area contributed by atoms with Crippen LogP contribution in [-0.2, 0) is 16.4 Å². The second-order valence-electron chi connectivity index (χ2n) is 7.08. The molecule has 0 unspecified atom stereocenters. The van der Waals surface area contributed by atoms with E-state index >= 15 is 0 Å². The van der Waals surface area contributed by atoms with Gasteiger partial charge < -0.3 is 0 Å². The highest BCUT2D eigenvalue weighted by Gasteiger charge is 2.35. The minimum atomic E-state index is -4.62. The maximum absolute atomic E-state index is 13.4. The summed E-state index contributed by atoms with van der Waals surface area (Å²) in [4.78, 5) is 0. The van der Waals surface area contributed by atoms with E-state index in [0.29, 0.717) is 11.3 Å². The Balaban J connectivity index is 1.83. The first-order valence-corrected chi connectivity index (χ1v) is 10.6. The minimum Gasteiger partial charge on any atom is -0.271 e. The summed E-state index contributed by atoms with van der Waals surface area (Å²) in [5.41, 5.74) is 1.37. The predicted octanol–water partition coefficient (Wildman–Crippen LogP) is 4.64. The number of aryl methyl sites for hydroxylation is 1. The Labute approximate surface area is 176 Å². The van der Waals surface area contributed by atoms with Gasteiger partial charge in [-0.1, -0.05) is 35.9 Å². The van der Waals surface area contributed by atoms with Gasteiger partial charge in [-0.3, -0.25) is 4.72 Å². The molecule has 1 heterocycles. The third kappa shape index (κ3) is 4.54. The third-order valence-electron chi connectivity index (χ3n) is 4.66. The number of rotatable bonds is 4. The molecule has 3 N–H and O–H groups in total. The van der Waals surface area contributed by atoms with Gasteiger partial charge in [0.25, 0.3) is 10.2 Å². The predicted molar refractivity (Wildman–Crippen MR) is 113 cm³/mol. The van der Waals surface area contributed by atoms with Gasteiger partial charge in [0.15, 0.2) is 5.69 Å². The molecule has 0 aliphatic heterocycles. The molecule has 0 radical (unpaired) electrons. The first kappa shape index (κ1) is 20.9. The van der Waals surface area contributed by atoms with Crippen LogP contribution in [0.15, 0.2) is 66.7 Å². The Hall–Kier alpha value is -3.37. The van der Waals surface area contributed by atoms with E-state index in [1.54, 1.807) is 12.1 Å². The number of halogens is 3. The monoisotopic (exact) mass is 446 g/mol. The van der Waals surface area contributed by atoms with Crippen molar-refractivity contribution in [3.63, 3.8) is 0 Å². The van der Waals surface area contributed by atoms with Crippen molar-refractivity contribution in [2.45, 2.75) is 13.1 Å². The average molecular weight is 446 g/mol. The number of anilines is 1. The molecule has 3 aromatic carbocycles. The van der Waals surface area contributed by atoms with Crippen LogP contribution in [0.1, 0.15) is 11.3 Å². The normalized spacial score (nSPS) is 12.3. The van der Waals surface area contributed by atoms with Gasteiger partial charge >= 0.3 is 6.18 Å². The van der Waals surface area contributed by atoms with Crippen LogP contribution in [-0.4, -0.2) is 18.2 Å². The van der Waals surface area contributed by atoms with E-state index in [-0.39, 0.29) is 11.4 Å². The number of hydrogen-bond acceptors (Lipinski definition) is 3. The average Bonchev–Trinajstić information content (AvgIpc) is 3.13. The molecule has 0 aliphatic rings. The van der Waals surface area contributed by atoms with Gasteiger partial charge in [-0.25, -0.2) is 9.82 Å². The van der Waals surface area contributed by atoms with Gasteiger partial charge in [0.2, 0.25) is 0 Å². The summed E-state index contributed by atoms with van der Waals surface area (Å²) in [5.74, 6) is 0. The number of nitrogens with one attached hydrogen (secondary N) is 1. The lowest BCUT2D eigenvalue weighted by molar-refractivity contribution is -0.141. The van der Waals surface area contributed by atoms with Crippen molar-refractivity contribution < 1.29 is 21.6 Å². The number of benzene rings is 3. The molecule has 10 heteroatoms. The number of aromatic nitrogens is 2. The quantitative estimate of drug-likeness (QED) is 0.479. The lowest BCUT2D eigenvalue weighted by Gasteiger charge is -2.10. The van der Waals surface area contributed by atoms with Crippen molar-refractivity contribution in [3.8, 4) is 16.9 Å². The van der Waals surface area contributed by atoms with Crippen molar-refractivity contribution in [2.24, 2.45) is 5.14 Å². The maximum atomic E-state index is 13.4. The van der Waals surface area contributed by atoms with Gasteiger partial charge in [-0.2, -0.15) is 26.7 Å². The largest absolute Gasteiger partial charge is 0.435 e. The fourth-order valence-corrected chi connectivity index (χ4v) is 3.75. The summed E-state index contributed by atoms with van der Waals surface area (Å²) in [7, 11) is -3.97. The molecular formula is C21H17F3N4O2S. The highest BCUT2D eigenvalue weighted by atomic mass is 32.2. The molecule has 0 fully saturated rings. The van der Waals surface area contributed by atoms with E-state index < -0.39 is 22.1 Å². The zero-order chi connectivity index (χ0) is 22.4. The van der Waals surface area contributed by atoms with Crippen LogP contribution in [0.3, 0.4) is 0 Å². The molecule has 160 valence electrons. The molecule has 0 aliphatic carbocycles. The van der Waals surface area contributed by atoms with Crippen LogP contribution < -0.4 is 9.86 Å². The Morgan fingerprint density at radius 3 is 2.23 bits per heavy atom. The van der Waals surface area contributed by atoms with Gasteiger partial charge in [0.05, 0.1) is 11.4 Å². The lowest BCUT2D eigenvalue weighted by atomic mass is 10.0. The smallest absolute Gasteiger partial charge is 0.271 e. The summed E-state index contributed by atoms with van der Waals surface area (Å²) in [6.45, 7) is 1.96. The van der Waals surface area contributed by atoms with Gasteiger partial charge in [-0.05, 0) is 54.1 Å². The van der Waals surface area contributed by atoms with E-state index in [4.69, 9.17) is 5.14 Å². The van der Waals surface area contributed by atoms with E-state index in [2.05, 4.69) is 9.82 Å². The molecule has 31 heavy (non-hydrogen) atoms. The molecule has 0 spiro atoms. The Kier molecular flexibility index (Phi) is 4.98. The highest BCUT2D eigenvalue weighted by Crippen LogP contribution is 2.34. The summed E-state index contributed by atoms with van der Waals surface area (Å²) < 4.78 is 65.8. The number of nitrogens with two attached hydrogens (primary N) is 1. The Morgan fingerprint density at radius 1 is 0.935 bits per heavy atom. The van der Waals surface area contributed by atoms with Crippen LogP contribution in [0, 0.1) is 6.92 Å². The molecule has 4 rings (SSSR count). The van der Waals surface area contributed by atoms with Crippen molar-refractivity contribution >= 4 is 26.7 Å². The van der Waals surface area contributed by atoms with E-state index in [1.165, 1.54) is 28.9 Å². The molecular weight excluding hydrogens is 429 g/mol. The van der Waals surface area contributed by atoms with Crippen LogP contribution in [0.2, 0.25) is 0 Å². The van der Waals surface area contributed by atoms with Crippen LogP contribution in [0.5, 0.6) is 0 Å². The molecule has 4 aromatic rings. The summed E-state index contributed by atoms with van der Waals surface area (Å²) >= 11 is 0. The van der Waals surface area contributed by atoms with Gasteiger partial charge in [0, 0.05) is 11.3 Å². The van der Waals surface area contributed by atoms with Crippen molar-refractivity contribution in [3.05, 3.63) is 78.0 Å². The zero-order valence-electron chi connectivity index (χ0n) is 16.2. The van der Waals surface area contributed by atoms with Crippen molar-refractivity contribution in [1.82, 2.24) is 9.78 Å². The lowest BCUT2D eigenvalue weighted by Crippen LogP contribution is -2.21. The van der Waals surface area contributed by atoms with E-state index in [1.807, 2.05) is 31.2 Å². The van der Waals surface area contributed by atoms with Crippen LogP contribution in [0.4, 0.5) is 18.9 Å². The Bertz CT molecular complexity index is 1380. The molecule has 0 bridgehead atoms. The summed E-state index contributed by atoms with van der Waals surface area (Å²) in [6, 6.07) is 17.9. The zero-order valence-corrected chi connectivity index (χ0v) is 17.0. The topological polar surface area (TPSA) is 90.0 Å². The SMILES string of the molecule is Cc1ccc2cc(-c3cc(C(F)(F)F)nn3-c3ccc(NS(N)(=O)=O)cc3)ccc2c1. The number of fused-ring (bicyclic) bond motifs is 1. The van der Waals surface area contributed by atoms with Crippen molar-refractivity contribution in [1.29, 1.82) is 0 Å². The number of hydrogen-bond donors (Lipinski definition) is 2. The fraction of sp³-hybridized carbons (Fsp3) is 0.0952. The first-order valence-electron chi connectivity index (χ1n) is 9.09. The standard InChI is InChI=1S/C21H17F3N4O2S/c1-13-2-3-15-11-16(5-4-14(15)10-13)19-12-20(21(22,23)24)26-28(19)18-8-6-17(7-9-18)27-31(25,29)30/h2-12,27H,1H3,(H2,25,29,30). The second-order valence-corrected chi connectivity index (χ2v) is 8.38. The van der Waals surface area contributed by atoms with Crippen molar-refractivity contribution in [2.75, 3.05) is 4.72 Å². The third-order valence-corrected chi connectivity index (χ3v) is 5.18. The van der Waals surface area contributed by atoms with E-state index in [0.717, 1.165) is 22.4 Å². The summed E-state index contributed by atoms with van der Waals surface area (Å²) in [5, 5.41) is 10.6. The molecule has 0 atom stereocenters. The number of alkyl halides is 3. The first-order chi connectivity index (χ1) is 14.5. The molecule has 0 amide bonds. The van der Waals surface area contributed by atoms with Gasteiger partial charge in [0.1, 0.15) is 0 Å². The number of nitrogens with zero attached hydrogens (tertiary/aromatic N) is 2. The highest BCUT2D eigenvalue weighted by molar-refractivity contribution is 7.90. The molecule has 0 saturated carbocycles. The maximum Gasteiger partial charge on any atom is 0.435 e. The van der Waals surface area contributed by atoms with Crippen LogP contribution in [0.25, 0.3) is 27.7 Å². The summed E-state index contributed by atoms with van der Waals surface area (Å²) in [6.07, 6.45) is -4.62.